The Morgan fingerprint density at radius 1 is 0.943 bits per heavy atom. The van der Waals surface area contributed by atoms with Crippen molar-refractivity contribution >= 4 is 18.0 Å². The summed E-state index contributed by atoms with van der Waals surface area (Å²) in [5.41, 5.74) is 5.95. The first-order valence-corrected chi connectivity index (χ1v) is 14.8. The molecule has 0 aliphatic carbocycles. The van der Waals surface area contributed by atoms with Crippen molar-refractivity contribution in [1.29, 1.82) is 0 Å². The molecule has 0 heterocycles. The number of carbonyl (C=O) groups is 1. The fraction of sp³-hybridized carbons (Fsp3) is 0.606. The average molecular weight is 505 g/mol. The molecule has 0 unspecified atom stereocenters. The van der Waals surface area contributed by atoms with Crippen LogP contribution in [0.3, 0.4) is 0 Å². The van der Waals surface area contributed by atoms with Gasteiger partial charge in [0.2, 0.25) is 0 Å². The first-order valence-electron chi connectivity index (χ1n) is 13.6. The first kappa shape index (κ1) is 40.6. The van der Waals surface area contributed by atoms with Crippen molar-refractivity contribution in [2.24, 2.45) is 11.8 Å². The molecule has 0 N–H and O–H groups in total. The van der Waals surface area contributed by atoms with Gasteiger partial charge in [-0.25, -0.2) is 0 Å². The Morgan fingerprint density at radius 2 is 1.40 bits per heavy atom. The van der Waals surface area contributed by atoms with E-state index in [2.05, 4.69) is 101 Å². The summed E-state index contributed by atoms with van der Waals surface area (Å²) in [5, 5.41) is 0. The standard InChI is InChI=1S/C14H24S.C11H14O.2C3H8.C2H6/c1-8-12(10(3)4)14(15-7)13(9-2)11(5)6;1-8(2)10-4-5-11(7-12)9(3)6-10;2*1-3-2;1-2/h8-11H,1H2,2-7H3;4-8H,1-3H3;2*3H2,1-2H3;1-2H3/b13-9-,14-12-;;;;. The third-order valence-corrected chi connectivity index (χ3v) is 5.47. The van der Waals surface area contributed by atoms with Gasteiger partial charge in [-0.1, -0.05) is 133 Å². The third-order valence-electron chi connectivity index (χ3n) is 4.59. The SMILES string of the molecule is C=C/C(=C(SC)\C(=C/C)C(C)C)C(C)C.CC.CCC.CCC.Cc1cc(C(C)C)ccc1C=O. The molecule has 1 nitrogen and oxygen atoms in total. The van der Waals surface area contributed by atoms with Gasteiger partial charge in [0, 0.05) is 10.5 Å². The Bertz CT molecular complexity index is 704. The van der Waals surface area contributed by atoms with E-state index >= 15 is 0 Å². The van der Waals surface area contributed by atoms with Crippen LogP contribution in [0.5, 0.6) is 0 Å². The third kappa shape index (κ3) is 19.3. The number of allylic oxidation sites excluding steroid dienone is 4. The van der Waals surface area contributed by atoms with E-state index in [1.54, 1.807) is 0 Å². The molecule has 1 rings (SSSR count). The quantitative estimate of drug-likeness (QED) is 0.271. The largest absolute Gasteiger partial charge is 0.298 e. The monoisotopic (exact) mass is 504 g/mol. The molecule has 0 aliphatic rings. The van der Waals surface area contributed by atoms with E-state index in [4.69, 9.17) is 0 Å². The fourth-order valence-corrected chi connectivity index (χ4v) is 4.05. The molecule has 0 spiro atoms. The number of carbonyl (C=O) groups excluding carboxylic acids is 1. The number of aldehydes is 1. The van der Waals surface area contributed by atoms with E-state index in [9.17, 15) is 4.79 Å². The number of aryl methyl sites for hydroxylation is 1. The van der Waals surface area contributed by atoms with E-state index in [-0.39, 0.29) is 0 Å². The zero-order chi connectivity index (χ0) is 28.6. The van der Waals surface area contributed by atoms with Gasteiger partial charge in [0.25, 0.3) is 0 Å². The van der Waals surface area contributed by atoms with Crippen LogP contribution in [0.15, 0.2) is 53.0 Å². The Kier molecular flexibility index (Phi) is 31.4. The lowest BCUT2D eigenvalue weighted by atomic mass is 9.95. The lowest BCUT2D eigenvalue weighted by molar-refractivity contribution is 0.112. The maximum atomic E-state index is 10.5. The van der Waals surface area contributed by atoms with Crippen molar-refractivity contribution in [3.63, 3.8) is 0 Å². The molecule has 0 fully saturated rings. The van der Waals surface area contributed by atoms with Gasteiger partial charge in [-0.15, -0.1) is 11.8 Å². The summed E-state index contributed by atoms with van der Waals surface area (Å²) in [6.45, 7) is 33.7. The van der Waals surface area contributed by atoms with E-state index in [1.165, 1.54) is 34.5 Å². The summed E-state index contributed by atoms with van der Waals surface area (Å²) < 4.78 is 0. The van der Waals surface area contributed by atoms with E-state index in [0.717, 1.165) is 17.4 Å². The molecule has 0 amide bonds. The number of thioether (sulfide) groups is 1. The van der Waals surface area contributed by atoms with Crippen molar-refractivity contribution in [2.75, 3.05) is 6.26 Å². The summed E-state index contributed by atoms with van der Waals surface area (Å²) >= 11 is 1.83. The van der Waals surface area contributed by atoms with Crippen molar-refractivity contribution in [2.45, 2.75) is 116 Å². The van der Waals surface area contributed by atoms with Crippen LogP contribution in [0.2, 0.25) is 0 Å². The summed E-state index contributed by atoms with van der Waals surface area (Å²) in [6, 6.07) is 5.98. The highest BCUT2D eigenvalue weighted by Crippen LogP contribution is 2.33. The highest BCUT2D eigenvalue weighted by atomic mass is 32.2. The summed E-state index contributed by atoms with van der Waals surface area (Å²) in [6.07, 6.45) is 9.78. The molecule has 2 heteroatoms. The van der Waals surface area contributed by atoms with Gasteiger partial charge in [-0.05, 0) is 60.1 Å². The van der Waals surface area contributed by atoms with Crippen LogP contribution in [-0.2, 0) is 0 Å². The molecule has 0 saturated carbocycles. The zero-order valence-electron chi connectivity index (χ0n) is 26.1. The predicted octanol–water partition coefficient (Wildman–Crippen LogP) is 11.8. The Morgan fingerprint density at radius 3 is 1.63 bits per heavy atom. The smallest absolute Gasteiger partial charge is 0.150 e. The van der Waals surface area contributed by atoms with Crippen LogP contribution in [0.4, 0.5) is 0 Å². The molecule has 35 heavy (non-hydrogen) atoms. The fourth-order valence-electron chi connectivity index (χ4n) is 2.91. The maximum absolute atomic E-state index is 10.5. The Hall–Kier alpha value is -1.54. The van der Waals surface area contributed by atoms with E-state index < -0.39 is 0 Å². The van der Waals surface area contributed by atoms with E-state index in [1.807, 2.05) is 50.7 Å². The minimum absolute atomic E-state index is 0.532. The van der Waals surface area contributed by atoms with Crippen LogP contribution < -0.4 is 0 Å². The maximum Gasteiger partial charge on any atom is 0.150 e. The number of hydrogen-bond donors (Lipinski definition) is 0. The molecule has 0 saturated heterocycles. The average Bonchev–Trinajstić information content (AvgIpc) is 2.81. The van der Waals surface area contributed by atoms with Crippen LogP contribution in [-0.4, -0.2) is 12.5 Å². The Balaban J connectivity index is -0.000000213. The van der Waals surface area contributed by atoms with Crippen LogP contribution in [0.25, 0.3) is 0 Å². The van der Waals surface area contributed by atoms with Crippen molar-refractivity contribution < 1.29 is 4.79 Å². The second kappa shape index (κ2) is 27.1. The Labute approximate surface area is 226 Å². The van der Waals surface area contributed by atoms with Crippen LogP contribution in [0, 0.1) is 18.8 Å². The van der Waals surface area contributed by atoms with Gasteiger partial charge < -0.3 is 0 Å². The minimum Gasteiger partial charge on any atom is -0.298 e. The number of hydrogen-bond acceptors (Lipinski definition) is 2. The molecule has 0 radical (unpaired) electrons. The minimum atomic E-state index is 0.532. The highest BCUT2D eigenvalue weighted by Gasteiger charge is 2.13. The van der Waals surface area contributed by atoms with Crippen LogP contribution in [0.1, 0.15) is 130 Å². The molecule has 0 aliphatic heterocycles. The van der Waals surface area contributed by atoms with E-state index in [0.29, 0.717) is 17.8 Å². The molecule has 0 bridgehead atoms. The van der Waals surface area contributed by atoms with Crippen LogP contribution >= 0.6 is 11.8 Å². The van der Waals surface area contributed by atoms with Crippen molar-refractivity contribution in [1.82, 2.24) is 0 Å². The number of benzene rings is 1. The van der Waals surface area contributed by atoms with Gasteiger partial charge in [0.1, 0.15) is 6.29 Å². The second-order valence-electron chi connectivity index (χ2n) is 9.05. The van der Waals surface area contributed by atoms with Gasteiger partial charge >= 0.3 is 0 Å². The summed E-state index contributed by atoms with van der Waals surface area (Å²) in [4.78, 5) is 11.9. The lowest BCUT2D eigenvalue weighted by Crippen LogP contribution is -2.02. The lowest BCUT2D eigenvalue weighted by Gasteiger charge is -2.19. The topological polar surface area (TPSA) is 17.1 Å². The summed E-state index contributed by atoms with van der Waals surface area (Å²) in [7, 11) is 0. The highest BCUT2D eigenvalue weighted by molar-refractivity contribution is 8.02. The second-order valence-corrected chi connectivity index (χ2v) is 9.87. The molecule has 204 valence electrons. The van der Waals surface area contributed by atoms with Gasteiger partial charge in [-0.2, -0.15) is 0 Å². The molecule has 1 aromatic rings. The van der Waals surface area contributed by atoms with Gasteiger partial charge in [0.15, 0.2) is 0 Å². The van der Waals surface area contributed by atoms with Gasteiger partial charge in [-0.3, -0.25) is 4.79 Å². The predicted molar refractivity (Wildman–Crippen MR) is 168 cm³/mol. The molecular weight excluding hydrogens is 444 g/mol. The van der Waals surface area contributed by atoms with Gasteiger partial charge in [0.05, 0.1) is 0 Å². The zero-order valence-corrected chi connectivity index (χ0v) is 27.0. The first-order chi connectivity index (χ1) is 16.5. The molecule has 1 aromatic carbocycles. The molecule has 0 atom stereocenters. The summed E-state index contributed by atoms with van der Waals surface area (Å²) in [5.74, 6) is 1.65. The van der Waals surface area contributed by atoms with Crippen molar-refractivity contribution in [3.05, 3.63) is 69.7 Å². The number of rotatable bonds is 7. The molecular formula is C33H60OS. The normalized spacial score (nSPS) is 11.0. The molecule has 0 aromatic heterocycles. The van der Waals surface area contributed by atoms with Crippen molar-refractivity contribution in [3.8, 4) is 0 Å².